The predicted octanol–water partition coefficient (Wildman–Crippen LogP) is 2.77. The average Bonchev–Trinajstić information content (AvgIpc) is 3.61. The van der Waals surface area contributed by atoms with Crippen LogP contribution in [0.25, 0.3) is 22.1 Å². The summed E-state index contributed by atoms with van der Waals surface area (Å²) in [5.41, 5.74) is 2.52. The molecule has 0 saturated carbocycles. The number of aromatic amines is 1. The summed E-state index contributed by atoms with van der Waals surface area (Å²) in [7, 11) is 1.54. The maximum atomic E-state index is 13.2. The van der Waals surface area contributed by atoms with Crippen LogP contribution >= 0.6 is 0 Å². The maximum absolute atomic E-state index is 13.2. The lowest BCUT2D eigenvalue weighted by Gasteiger charge is -2.28. The van der Waals surface area contributed by atoms with Crippen LogP contribution in [0.1, 0.15) is 28.1 Å². The molecule has 0 bridgehead atoms. The molecule has 1 saturated heterocycles. The third kappa shape index (κ3) is 3.01. The number of methoxy groups -OCH3 is 1. The van der Waals surface area contributed by atoms with Crippen molar-refractivity contribution in [2.45, 2.75) is 18.4 Å². The van der Waals surface area contributed by atoms with E-state index < -0.39 is 17.2 Å². The minimum Gasteiger partial charge on any atom is -0.497 e. The summed E-state index contributed by atoms with van der Waals surface area (Å²) in [5, 5.41) is 9.97. The second-order valence-corrected chi connectivity index (χ2v) is 8.67. The second kappa shape index (κ2) is 7.31. The molecular formula is C25H20N4O5. The number of ether oxygens (including phenoxy) is 1. The average molecular weight is 456 g/mol. The number of amides is 3. The Morgan fingerprint density at radius 2 is 2.00 bits per heavy atom. The zero-order valence-corrected chi connectivity index (χ0v) is 18.3. The highest BCUT2D eigenvalue weighted by Gasteiger charge is 2.53. The number of carbonyl (C=O) groups excluding carboxylic acids is 3. The van der Waals surface area contributed by atoms with Gasteiger partial charge in [0.15, 0.2) is 0 Å². The van der Waals surface area contributed by atoms with Gasteiger partial charge in [-0.15, -0.1) is 0 Å². The smallest absolute Gasteiger partial charge is 0.254 e. The van der Waals surface area contributed by atoms with Gasteiger partial charge in [0.25, 0.3) is 5.91 Å². The zero-order valence-electron chi connectivity index (χ0n) is 18.3. The summed E-state index contributed by atoms with van der Waals surface area (Å²) < 4.78 is 11.4. The van der Waals surface area contributed by atoms with Gasteiger partial charge in [-0.05, 0) is 41.5 Å². The molecule has 2 aliphatic rings. The third-order valence-electron chi connectivity index (χ3n) is 6.63. The van der Waals surface area contributed by atoms with Crippen molar-refractivity contribution in [3.63, 3.8) is 0 Å². The Labute approximate surface area is 193 Å². The van der Waals surface area contributed by atoms with Gasteiger partial charge in [0, 0.05) is 35.8 Å². The molecule has 0 unspecified atom stereocenters. The second-order valence-electron chi connectivity index (χ2n) is 8.67. The molecule has 3 amide bonds. The SMILES string of the molecule is COc1ccc2c(c1)C(=O)N(C[C@@]1(c3cc4cc(-c5cn[nH]c5)ccc4o3)CC(=O)NC1=O)C2. The Morgan fingerprint density at radius 1 is 1.12 bits per heavy atom. The number of fused-ring (bicyclic) bond motifs is 2. The first kappa shape index (κ1) is 20.2. The van der Waals surface area contributed by atoms with Crippen molar-refractivity contribution in [2.24, 2.45) is 0 Å². The van der Waals surface area contributed by atoms with E-state index in [2.05, 4.69) is 15.5 Å². The minimum atomic E-state index is -1.31. The Bertz CT molecular complexity index is 1470. The number of benzene rings is 2. The normalized spacial score (nSPS) is 19.7. The largest absolute Gasteiger partial charge is 0.497 e. The van der Waals surface area contributed by atoms with Gasteiger partial charge in [-0.1, -0.05) is 12.1 Å². The van der Waals surface area contributed by atoms with Crippen LogP contribution in [0.4, 0.5) is 0 Å². The minimum absolute atomic E-state index is 0.0226. The van der Waals surface area contributed by atoms with Crippen LogP contribution in [-0.2, 0) is 21.5 Å². The molecule has 34 heavy (non-hydrogen) atoms. The number of H-pyrrole nitrogens is 1. The number of imide groups is 1. The first-order chi connectivity index (χ1) is 16.5. The number of furan rings is 1. The number of carbonyl (C=O) groups is 3. The lowest BCUT2D eigenvalue weighted by Crippen LogP contribution is -2.46. The number of hydrogen-bond donors (Lipinski definition) is 2. The molecule has 170 valence electrons. The van der Waals surface area contributed by atoms with E-state index in [9.17, 15) is 14.4 Å². The molecule has 6 rings (SSSR count). The summed E-state index contributed by atoms with van der Waals surface area (Å²) in [6, 6.07) is 12.8. The Morgan fingerprint density at radius 3 is 2.74 bits per heavy atom. The fourth-order valence-electron chi connectivity index (χ4n) is 4.84. The molecule has 9 heteroatoms. The highest BCUT2D eigenvalue weighted by Crippen LogP contribution is 2.39. The summed E-state index contributed by atoms with van der Waals surface area (Å²) in [6.07, 6.45) is 3.42. The fraction of sp³-hybridized carbons (Fsp3) is 0.200. The molecule has 0 aliphatic carbocycles. The van der Waals surface area contributed by atoms with Gasteiger partial charge in [0.2, 0.25) is 11.8 Å². The van der Waals surface area contributed by atoms with E-state index in [0.717, 1.165) is 22.1 Å². The van der Waals surface area contributed by atoms with Gasteiger partial charge in [0.1, 0.15) is 22.5 Å². The van der Waals surface area contributed by atoms with Gasteiger partial charge in [-0.25, -0.2) is 0 Å². The summed E-state index contributed by atoms with van der Waals surface area (Å²) in [5.74, 6) is -0.123. The molecule has 2 N–H and O–H groups in total. The summed E-state index contributed by atoms with van der Waals surface area (Å²) in [6.45, 7) is 0.362. The molecule has 2 aromatic heterocycles. The molecule has 4 aromatic rings. The van der Waals surface area contributed by atoms with Gasteiger partial charge in [-0.3, -0.25) is 24.8 Å². The van der Waals surface area contributed by atoms with Crippen LogP contribution in [0.2, 0.25) is 0 Å². The lowest BCUT2D eigenvalue weighted by atomic mass is 9.82. The van der Waals surface area contributed by atoms with Crippen LogP contribution in [0.3, 0.4) is 0 Å². The molecule has 2 aliphatic heterocycles. The van der Waals surface area contributed by atoms with Gasteiger partial charge < -0.3 is 14.1 Å². The Hall–Kier alpha value is -4.40. The Balaban J connectivity index is 1.39. The highest BCUT2D eigenvalue weighted by atomic mass is 16.5. The monoisotopic (exact) mass is 456 g/mol. The molecule has 4 heterocycles. The van der Waals surface area contributed by atoms with Crippen molar-refractivity contribution in [3.8, 4) is 16.9 Å². The van der Waals surface area contributed by atoms with Crippen LogP contribution in [0, 0.1) is 0 Å². The molecule has 9 nitrogen and oxygen atoms in total. The van der Waals surface area contributed by atoms with Gasteiger partial charge in [0.05, 0.1) is 19.7 Å². The molecule has 1 fully saturated rings. The van der Waals surface area contributed by atoms with Crippen LogP contribution in [-0.4, -0.2) is 46.5 Å². The van der Waals surface area contributed by atoms with Crippen LogP contribution in [0.5, 0.6) is 5.75 Å². The van der Waals surface area contributed by atoms with Crippen molar-refractivity contribution in [1.29, 1.82) is 0 Å². The summed E-state index contributed by atoms with van der Waals surface area (Å²) >= 11 is 0. The highest BCUT2D eigenvalue weighted by molar-refractivity contribution is 6.10. The number of nitrogens with one attached hydrogen (secondary N) is 2. The van der Waals surface area contributed by atoms with E-state index in [1.807, 2.05) is 24.3 Å². The van der Waals surface area contributed by atoms with Crippen LogP contribution in [0.15, 0.2) is 59.3 Å². The quantitative estimate of drug-likeness (QED) is 0.446. The van der Waals surface area contributed by atoms with E-state index in [-0.39, 0.29) is 18.9 Å². The number of hydrogen-bond acceptors (Lipinski definition) is 6. The van der Waals surface area contributed by atoms with Crippen molar-refractivity contribution < 1.29 is 23.5 Å². The molecule has 1 atom stereocenters. The van der Waals surface area contributed by atoms with Gasteiger partial charge in [-0.2, -0.15) is 5.10 Å². The lowest BCUT2D eigenvalue weighted by molar-refractivity contribution is -0.126. The van der Waals surface area contributed by atoms with E-state index in [1.165, 1.54) is 0 Å². The van der Waals surface area contributed by atoms with E-state index >= 15 is 0 Å². The molecule has 0 spiro atoms. The van der Waals surface area contributed by atoms with Crippen molar-refractivity contribution in [2.75, 3.05) is 13.7 Å². The van der Waals surface area contributed by atoms with Gasteiger partial charge >= 0.3 is 0 Å². The first-order valence-corrected chi connectivity index (χ1v) is 10.8. The number of rotatable bonds is 5. The first-order valence-electron chi connectivity index (χ1n) is 10.8. The van der Waals surface area contributed by atoms with Crippen molar-refractivity contribution >= 4 is 28.7 Å². The van der Waals surface area contributed by atoms with Crippen molar-refractivity contribution in [1.82, 2.24) is 20.4 Å². The maximum Gasteiger partial charge on any atom is 0.254 e. The van der Waals surface area contributed by atoms with Crippen LogP contribution < -0.4 is 10.1 Å². The van der Waals surface area contributed by atoms with E-state index in [4.69, 9.17) is 9.15 Å². The molecule has 2 aromatic carbocycles. The molecule has 0 radical (unpaired) electrons. The Kier molecular flexibility index (Phi) is 4.35. The topological polar surface area (TPSA) is 118 Å². The zero-order chi connectivity index (χ0) is 23.4. The standard InChI is InChI=1S/C25H20N4O5/c1-33-18-4-2-15-12-29(23(31)19(15)8-18)13-25(9-22(30)28-24(25)32)21-7-16-6-14(3-5-20(16)34-21)17-10-26-27-11-17/h2-8,10-11H,9,12-13H2,1H3,(H,26,27)(H,28,30,32)/t25-/m1/s1. The molecular weight excluding hydrogens is 436 g/mol. The summed E-state index contributed by atoms with van der Waals surface area (Å²) in [4.78, 5) is 40.2. The van der Waals surface area contributed by atoms with Crippen molar-refractivity contribution in [3.05, 3.63) is 71.7 Å². The fourth-order valence-corrected chi connectivity index (χ4v) is 4.84. The predicted molar refractivity (Wildman–Crippen MR) is 121 cm³/mol. The van der Waals surface area contributed by atoms with E-state index in [1.54, 1.807) is 42.6 Å². The number of aromatic nitrogens is 2. The van der Waals surface area contributed by atoms with E-state index in [0.29, 0.717) is 29.2 Å². The number of nitrogens with zero attached hydrogens (tertiary/aromatic N) is 2. The third-order valence-corrected chi connectivity index (χ3v) is 6.63.